The third kappa shape index (κ3) is 6.64. The SMILES string of the molecule is CC1CCCC(CCNCC(O)COCc2ccco2)C1. The lowest BCUT2D eigenvalue weighted by Crippen LogP contribution is -2.32. The van der Waals surface area contributed by atoms with Gasteiger partial charge in [-0.3, -0.25) is 0 Å². The van der Waals surface area contributed by atoms with Crippen molar-refractivity contribution in [1.82, 2.24) is 5.32 Å². The van der Waals surface area contributed by atoms with Gasteiger partial charge in [-0.25, -0.2) is 0 Å². The first kappa shape index (κ1) is 16.5. The molecule has 1 heterocycles. The normalized spacial score (nSPS) is 24.1. The molecule has 4 nitrogen and oxygen atoms in total. The first-order valence-electron chi connectivity index (χ1n) is 8.23. The highest BCUT2D eigenvalue weighted by molar-refractivity contribution is 4.96. The van der Waals surface area contributed by atoms with Crippen molar-refractivity contribution in [2.45, 2.75) is 51.7 Å². The van der Waals surface area contributed by atoms with E-state index in [9.17, 15) is 5.11 Å². The molecule has 0 saturated heterocycles. The van der Waals surface area contributed by atoms with Gasteiger partial charge in [-0.15, -0.1) is 0 Å². The van der Waals surface area contributed by atoms with Crippen LogP contribution in [0.15, 0.2) is 22.8 Å². The Balaban J connectivity index is 1.46. The number of aliphatic hydroxyl groups excluding tert-OH is 1. The average molecular weight is 295 g/mol. The van der Waals surface area contributed by atoms with Crippen molar-refractivity contribution >= 4 is 0 Å². The number of ether oxygens (including phenoxy) is 1. The fourth-order valence-electron chi connectivity index (χ4n) is 3.15. The smallest absolute Gasteiger partial charge is 0.129 e. The van der Waals surface area contributed by atoms with Crippen LogP contribution in [0.5, 0.6) is 0 Å². The summed E-state index contributed by atoms with van der Waals surface area (Å²) in [7, 11) is 0. The number of nitrogens with one attached hydrogen (secondary N) is 1. The summed E-state index contributed by atoms with van der Waals surface area (Å²) in [6.45, 7) is 4.71. The molecule has 3 unspecified atom stereocenters. The molecule has 3 atom stereocenters. The quantitative estimate of drug-likeness (QED) is 0.688. The molecule has 0 aromatic carbocycles. The second kappa shape index (κ2) is 9.23. The molecule has 4 heteroatoms. The fourth-order valence-corrected chi connectivity index (χ4v) is 3.15. The van der Waals surface area contributed by atoms with E-state index in [1.165, 1.54) is 32.1 Å². The third-order valence-corrected chi connectivity index (χ3v) is 4.29. The van der Waals surface area contributed by atoms with Crippen molar-refractivity contribution in [2.75, 3.05) is 19.7 Å². The Labute approximate surface area is 127 Å². The molecule has 0 radical (unpaired) electrons. The van der Waals surface area contributed by atoms with E-state index in [-0.39, 0.29) is 0 Å². The number of aliphatic hydroxyl groups is 1. The van der Waals surface area contributed by atoms with E-state index in [2.05, 4.69) is 12.2 Å². The summed E-state index contributed by atoms with van der Waals surface area (Å²) in [6, 6.07) is 3.71. The van der Waals surface area contributed by atoms with E-state index < -0.39 is 6.10 Å². The van der Waals surface area contributed by atoms with Gasteiger partial charge in [-0.1, -0.05) is 26.2 Å². The number of furan rings is 1. The molecule has 0 bridgehead atoms. The van der Waals surface area contributed by atoms with E-state index in [4.69, 9.17) is 9.15 Å². The standard InChI is InChI=1S/C17H29NO3/c1-14-4-2-5-15(10-14)7-8-18-11-16(19)12-20-13-17-6-3-9-21-17/h3,6,9,14-16,18-19H,2,4-5,7-8,10-13H2,1H3. The topological polar surface area (TPSA) is 54.6 Å². The zero-order valence-electron chi connectivity index (χ0n) is 13.1. The highest BCUT2D eigenvalue weighted by Crippen LogP contribution is 2.30. The highest BCUT2D eigenvalue weighted by Gasteiger charge is 2.18. The van der Waals surface area contributed by atoms with Crippen LogP contribution in [0, 0.1) is 11.8 Å². The summed E-state index contributed by atoms with van der Waals surface area (Å²) in [5, 5.41) is 13.2. The van der Waals surface area contributed by atoms with Crippen molar-refractivity contribution in [1.29, 1.82) is 0 Å². The maximum absolute atomic E-state index is 9.84. The molecule has 1 aromatic rings. The van der Waals surface area contributed by atoms with Crippen LogP contribution in [0.3, 0.4) is 0 Å². The fraction of sp³-hybridized carbons (Fsp3) is 0.765. The summed E-state index contributed by atoms with van der Waals surface area (Å²) < 4.78 is 10.6. The van der Waals surface area contributed by atoms with Crippen LogP contribution in [0.25, 0.3) is 0 Å². The summed E-state index contributed by atoms with van der Waals surface area (Å²) in [4.78, 5) is 0. The van der Waals surface area contributed by atoms with Gasteiger partial charge in [0.25, 0.3) is 0 Å². The first-order valence-corrected chi connectivity index (χ1v) is 8.23. The second-order valence-electron chi connectivity index (χ2n) is 6.38. The molecule has 0 spiro atoms. The number of rotatable bonds is 9. The van der Waals surface area contributed by atoms with Crippen molar-refractivity contribution in [3.05, 3.63) is 24.2 Å². The van der Waals surface area contributed by atoms with Crippen LogP contribution in [0.2, 0.25) is 0 Å². The lowest BCUT2D eigenvalue weighted by atomic mass is 9.81. The summed E-state index contributed by atoms with van der Waals surface area (Å²) in [6.07, 6.45) is 7.93. The van der Waals surface area contributed by atoms with Gasteiger partial charge in [0.05, 0.1) is 19.0 Å². The predicted molar refractivity (Wildman–Crippen MR) is 83.0 cm³/mol. The molecule has 21 heavy (non-hydrogen) atoms. The maximum atomic E-state index is 9.84. The molecule has 1 aliphatic rings. The van der Waals surface area contributed by atoms with Gasteiger partial charge in [-0.2, -0.15) is 0 Å². The first-order chi connectivity index (χ1) is 10.2. The van der Waals surface area contributed by atoms with E-state index in [1.54, 1.807) is 6.26 Å². The molecule has 2 N–H and O–H groups in total. The zero-order valence-corrected chi connectivity index (χ0v) is 13.1. The minimum absolute atomic E-state index is 0.341. The van der Waals surface area contributed by atoms with E-state index in [0.717, 1.165) is 24.1 Å². The van der Waals surface area contributed by atoms with Crippen LogP contribution in [-0.2, 0) is 11.3 Å². The maximum Gasteiger partial charge on any atom is 0.129 e. The van der Waals surface area contributed by atoms with Crippen molar-refractivity contribution < 1.29 is 14.3 Å². The third-order valence-electron chi connectivity index (χ3n) is 4.29. The van der Waals surface area contributed by atoms with Gasteiger partial charge < -0.3 is 19.6 Å². The Morgan fingerprint density at radius 2 is 2.38 bits per heavy atom. The van der Waals surface area contributed by atoms with Crippen molar-refractivity contribution in [3.8, 4) is 0 Å². The molecule has 0 amide bonds. The van der Waals surface area contributed by atoms with Crippen LogP contribution >= 0.6 is 0 Å². The summed E-state index contributed by atoms with van der Waals surface area (Å²) in [5.74, 6) is 2.56. The second-order valence-corrected chi connectivity index (χ2v) is 6.38. The van der Waals surface area contributed by atoms with Crippen molar-refractivity contribution in [3.63, 3.8) is 0 Å². The Hall–Kier alpha value is -0.840. The van der Waals surface area contributed by atoms with E-state index in [0.29, 0.717) is 19.8 Å². The van der Waals surface area contributed by atoms with Gasteiger partial charge in [0.15, 0.2) is 0 Å². The molecule has 1 fully saturated rings. The van der Waals surface area contributed by atoms with Crippen LogP contribution in [-0.4, -0.2) is 30.9 Å². The van der Waals surface area contributed by atoms with Crippen LogP contribution < -0.4 is 5.32 Å². The highest BCUT2D eigenvalue weighted by atomic mass is 16.5. The average Bonchev–Trinajstić information content (AvgIpc) is 2.97. The summed E-state index contributed by atoms with van der Waals surface area (Å²) >= 11 is 0. The Bertz CT molecular complexity index is 366. The Kier molecular flexibility index (Phi) is 7.27. The van der Waals surface area contributed by atoms with E-state index >= 15 is 0 Å². The number of hydrogen-bond acceptors (Lipinski definition) is 4. The van der Waals surface area contributed by atoms with Gasteiger partial charge in [0, 0.05) is 6.54 Å². The van der Waals surface area contributed by atoms with Gasteiger partial charge in [-0.05, 0) is 43.4 Å². The lowest BCUT2D eigenvalue weighted by Gasteiger charge is -2.26. The van der Waals surface area contributed by atoms with Crippen LogP contribution in [0.1, 0.15) is 44.8 Å². The molecule has 1 aliphatic carbocycles. The molecular weight excluding hydrogens is 266 g/mol. The van der Waals surface area contributed by atoms with Crippen molar-refractivity contribution in [2.24, 2.45) is 11.8 Å². The molecule has 1 saturated carbocycles. The molecule has 0 aliphatic heterocycles. The zero-order chi connectivity index (χ0) is 14.9. The monoisotopic (exact) mass is 295 g/mol. The Morgan fingerprint density at radius 3 is 3.14 bits per heavy atom. The molecule has 120 valence electrons. The predicted octanol–water partition coefficient (Wildman–Crippen LogP) is 2.96. The van der Waals surface area contributed by atoms with E-state index in [1.807, 2.05) is 12.1 Å². The minimum Gasteiger partial charge on any atom is -0.467 e. The largest absolute Gasteiger partial charge is 0.467 e. The Morgan fingerprint density at radius 1 is 1.48 bits per heavy atom. The van der Waals surface area contributed by atoms with Gasteiger partial charge >= 0.3 is 0 Å². The number of hydrogen-bond donors (Lipinski definition) is 2. The molecular formula is C17H29NO3. The lowest BCUT2D eigenvalue weighted by molar-refractivity contribution is 0.0226. The molecule has 1 aromatic heterocycles. The molecule has 2 rings (SSSR count). The van der Waals surface area contributed by atoms with Gasteiger partial charge in [0.2, 0.25) is 0 Å². The van der Waals surface area contributed by atoms with Crippen LogP contribution in [0.4, 0.5) is 0 Å². The summed E-state index contributed by atoms with van der Waals surface area (Å²) in [5.41, 5.74) is 0. The minimum atomic E-state index is -0.453. The van der Waals surface area contributed by atoms with Gasteiger partial charge in [0.1, 0.15) is 12.4 Å².